The molecule has 0 aliphatic carbocycles. The largest absolute Gasteiger partial charge is 0.444 e. The molecule has 2 heterocycles. The minimum Gasteiger partial charge on any atom is -0.444 e. The monoisotopic (exact) mass is 739 g/mol. The highest BCUT2D eigenvalue weighted by molar-refractivity contribution is 5.92. The lowest BCUT2D eigenvalue weighted by atomic mass is 9.98. The summed E-state index contributed by atoms with van der Waals surface area (Å²) < 4.78 is 18.8. The highest BCUT2D eigenvalue weighted by atomic mass is 19.1. The van der Waals surface area contributed by atoms with Gasteiger partial charge in [0.2, 0.25) is 11.8 Å². The van der Waals surface area contributed by atoms with Crippen molar-refractivity contribution in [3.8, 4) is 6.07 Å². The Bertz CT molecular complexity index is 2220. The van der Waals surface area contributed by atoms with Gasteiger partial charge in [-0.1, -0.05) is 97.1 Å². The van der Waals surface area contributed by atoms with E-state index in [9.17, 15) is 28.8 Å². The van der Waals surface area contributed by atoms with Crippen LogP contribution in [0, 0.1) is 17.1 Å². The summed E-state index contributed by atoms with van der Waals surface area (Å²) >= 11 is 0. The predicted octanol–water partition coefficient (Wildman–Crippen LogP) is 5.80. The molecule has 2 N–H and O–H groups in total. The third kappa shape index (κ3) is 8.40. The normalized spacial score (nSPS) is 16.7. The number of anilines is 1. The van der Waals surface area contributed by atoms with Crippen molar-refractivity contribution in [1.29, 1.82) is 5.26 Å². The molecule has 2 aliphatic heterocycles. The molecule has 2 fully saturated rings. The molecule has 278 valence electrons. The lowest BCUT2D eigenvalue weighted by Gasteiger charge is -2.46. The Balaban J connectivity index is 1.12. The maximum Gasteiger partial charge on any atom is 0.411 e. The van der Waals surface area contributed by atoms with Gasteiger partial charge in [-0.25, -0.2) is 19.0 Å². The van der Waals surface area contributed by atoms with E-state index in [0.717, 1.165) is 27.5 Å². The maximum absolute atomic E-state index is 14.4. The first-order valence-corrected chi connectivity index (χ1v) is 17.8. The van der Waals surface area contributed by atoms with E-state index in [2.05, 4.69) is 10.6 Å². The molecule has 5 amide bonds. The molecule has 12 nitrogen and oxygen atoms in total. The van der Waals surface area contributed by atoms with Crippen molar-refractivity contribution in [1.82, 2.24) is 25.1 Å². The summed E-state index contributed by atoms with van der Waals surface area (Å²) in [6.07, 6.45) is -1.21. The van der Waals surface area contributed by atoms with Crippen LogP contribution in [-0.2, 0) is 40.4 Å². The van der Waals surface area contributed by atoms with Crippen molar-refractivity contribution in [2.75, 3.05) is 25.0 Å². The number of urea groups is 1. The van der Waals surface area contributed by atoms with E-state index in [1.54, 1.807) is 46.3 Å². The molecule has 0 aromatic heterocycles. The molecule has 7 rings (SSSR count). The molecule has 2 atom stereocenters. The lowest BCUT2D eigenvalue weighted by molar-refractivity contribution is -0.157. The number of carbonyl (C=O) groups excluding carboxylic acids is 4. The fraction of sp³-hybridized carbons (Fsp3) is 0.214. The number of nitrogens with one attached hydrogen (secondary N) is 2. The van der Waals surface area contributed by atoms with Crippen LogP contribution < -0.4 is 10.6 Å². The fourth-order valence-corrected chi connectivity index (χ4v) is 7.07. The second-order valence-electron chi connectivity index (χ2n) is 13.3. The van der Waals surface area contributed by atoms with Crippen molar-refractivity contribution < 1.29 is 28.3 Å². The second kappa shape index (κ2) is 16.5. The number of ether oxygens (including phenoxy) is 1. The standard InChI is InChI=1S/C42H38FN7O5/c43-34-17-13-30(14-18-34)24-45-41(53)48(22-21-44)49-27-39(51)50-37(23-29-15-19-35(20-16-29)46-42(54)55-28-31-7-2-1-3-8-31)40(52)47(26-38(49)50)25-33-11-6-10-32-9-4-5-12-36(32)33/h1-20,37-38H,22-28H2,(H,45,53)(H,46,54)/t37-,38+/m0/s1. The summed E-state index contributed by atoms with van der Waals surface area (Å²) in [4.78, 5) is 57.6. The summed E-state index contributed by atoms with van der Waals surface area (Å²) in [5.41, 5.74) is 3.67. The summed E-state index contributed by atoms with van der Waals surface area (Å²) in [7, 11) is 0. The average Bonchev–Trinajstić information content (AvgIpc) is 3.53. The maximum atomic E-state index is 14.4. The zero-order chi connectivity index (χ0) is 38.3. The van der Waals surface area contributed by atoms with Crippen molar-refractivity contribution in [2.45, 2.75) is 38.3 Å². The summed E-state index contributed by atoms with van der Waals surface area (Å²) in [6.45, 7) is -0.0423. The first-order valence-electron chi connectivity index (χ1n) is 17.8. The topological polar surface area (TPSA) is 138 Å². The van der Waals surface area contributed by atoms with Crippen LogP contribution in [-0.4, -0.2) is 75.6 Å². The van der Waals surface area contributed by atoms with Crippen LogP contribution in [0.15, 0.2) is 121 Å². The number of carbonyl (C=O) groups is 4. The van der Waals surface area contributed by atoms with E-state index >= 15 is 0 Å². The van der Waals surface area contributed by atoms with Crippen molar-refractivity contribution >= 4 is 40.4 Å². The Morgan fingerprint density at radius 3 is 2.33 bits per heavy atom. The number of halogens is 1. The minimum absolute atomic E-state index is 0.0706. The number of nitrogens with zero attached hydrogens (tertiary/aromatic N) is 5. The van der Waals surface area contributed by atoms with Gasteiger partial charge in [-0.05, 0) is 57.3 Å². The van der Waals surface area contributed by atoms with Crippen LogP contribution in [0.1, 0.15) is 22.3 Å². The van der Waals surface area contributed by atoms with Crippen LogP contribution in [0.2, 0.25) is 0 Å². The molecule has 0 bridgehead atoms. The fourth-order valence-electron chi connectivity index (χ4n) is 7.07. The molecule has 13 heteroatoms. The number of hydrogen-bond acceptors (Lipinski definition) is 7. The lowest BCUT2D eigenvalue weighted by Crippen LogP contribution is -2.66. The molecular weight excluding hydrogens is 702 g/mol. The van der Waals surface area contributed by atoms with E-state index in [1.807, 2.05) is 78.9 Å². The van der Waals surface area contributed by atoms with Crippen molar-refractivity contribution in [3.63, 3.8) is 0 Å². The number of hydrazine groups is 1. The Morgan fingerprint density at radius 2 is 1.56 bits per heavy atom. The third-order valence-electron chi connectivity index (χ3n) is 9.77. The Morgan fingerprint density at radius 1 is 0.855 bits per heavy atom. The minimum atomic E-state index is -0.924. The molecular formula is C42H38FN7O5. The molecule has 0 unspecified atom stereocenters. The van der Waals surface area contributed by atoms with Crippen LogP contribution in [0.3, 0.4) is 0 Å². The van der Waals surface area contributed by atoms with Crippen LogP contribution >= 0.6 is 0 Å². The van der Waals surface area contributed by atoms with Gasteiger partial charge in [0.15, 0.2) is 0 Å². The smallest absolute Gasteiger partial charge is 0.411 e. The molecule has 0 radical (unpaired) electrons. The molecule has 0 spiro atoms. The number of piperazine rings is 1. The summed E-state index contributed by atoms with van der Waals surface area (Å²) in [5, 5.41) is 20.0. The third-order valence-corrected chi connectivity index (χ3v) is 9.77. The molecule has 0 saturated carbocycles. The number of hydrogen-bond donors (Lipinski definition) is 2. The van der Waals surface area contributed by atoms with Crippen molar-refractivity contribution in [2.24, 2.45) is 0 Å². The van der Waals surface area contributed by atoms with E-state index in [1.165, 1.54) is 22.0 Å². The Labute approximate surface area is 317 Å². The van der Waals surface area contributed by atoms with Gasteiger partial charge < -0.3 is 19.9 Å². The van der Waals surface area contributed by atoms with Gasteiger partial charge in [0, 0.05) is 25.2 Å². The summed E-state index contributed by atoms with van der Waals surface area (Å²) in [5.74, 6) is -1.02. The van der Waals surface area contributed by atoms with E-state index in [4.69, 9.17) is 4.74 Å². The van der Waals surface area contributed by atoms with Gasteiger partial charge in [0.25, 0.3) is 0 Å². The quantitative estimate of drug-likeness (QED) is 0.163. The first kappa shape index (κ1) is 36.6. The van der Waals surface area contributed by atoms with E-state index in [0.29, 0.717) is 11.3 Å². The van der Waals surface area contributed by atoms with Gasteiger partial charge in [-0.15, -0.1) is 0 Å². The molecule has 5 aromatic carbocycles. The zero-order valence-electron chi connectivity index (χ0n) is 29.8. The van der Waals surface area contributed by atoms with Crippen LogP contribution in [0.5, 0.6) is 0 Å². The van der Waals surface area contributed by atoms with Gasteiger partial charge in [0.05, 0.1) is 19.2 Å². The highest BCUT2D eigenvalue weighted by Gasteiger charge is 2.52. The number of nitriles is 1. The van der Waals surface area contributed by atoms with Gasteiger partial charge in [-0.2, -0.15) is 10.3 Å². The first-order chi connectivity index (χ1) is 26.8. The average molecular weight is 740 g/mol. The Hall–Kier alpha value is -6.78. The van der Waals surface area contributed by atoms with E-state index < -0.39 is 30.1 Å². The molecule has 2 saturated heterocycles. The van der Waals surface area contributed by atoms with Gasteiger partial charge in [-0.3, -0.25) is 14.9 Å². The van der Waals surface area contributed by atoms with Gasteiger partial charge in [0.1, 0.15) is 31.2 Å². The summed E-state index contributed by atoms with van der Waals surface area (Å²) in [6, 6.07) is 36.3. The predicted molar refractivity (Wildman–Crippen MR) is 202 cm³/mol. The van der Waals surface area contributed by atoms with Crippen LogP contribution in [0.25, 0.3) is 10.8 Å². The SMILES string of the molecule is N#CCN(C(=O)NCc1ccc(F)cc1)N1CC(=O)N2[C@@H](Cc3ccc(NC(=O)OCc4ccccc4)cc3)C(=O)N(Cc3cccc4ccccc34)C[C@@H]21. The number of amides is 5. The second-order valence-corrected chi connectivity index (χ2v) is 13.3. The van der Waals surface area contributed by atoms with Crippen molar-refractivity contribution in [3.05, 3.63) is 149 Å². The number of fused-ring (bicyclic) bond motifs is 2. The Kier molecular flexibility index (Phi) is 11.0. The molecule has 55 heavy (non-hydrogen) atoms. The van der Waals surface area contributed by atoms with E-state index in [-0.39, 0.29) is 57.6 Å². The number of rotatable bonds is 11. The molecule has 2 aliphatic rings. The van der Waals surface area contributed by atoms with Gasteiger partial charge >= 0.3 is 12.1 Å². The highest BCUT2D eigenvalue weighted by Crippen LogP contribution is 2.31. The zero-order valence-corrected chi connectivity index (χ0v) is 29.8. The number of benzene rings is 5. The van der Waals surface area contributed by atoms with Crippen LogP contribution in [0.4, 0.5) is 19.7 Å². The molecule has 5 aromatic rings.